The van der Waals surface area contributed by atoms with Crippen molar-refractivity contribution in [1.29, 1.82) is 0 Å². The van der Waals surface area contributed by atoms with E-state index in [-0.39, 0.29) is 5.41 Å². The van der Waals surface area contributed by atoms with E-state index in [1.807, 2.05) is 20.8 Å². The number of carbonyl (C=O) groups is 2. The van der Waals surface area contributed by atoms with Crippen LogP contribution in [0.5, 0.6) is 0 Å². The number of hydrogen-bond acceptors (Lipinski definition) is 4. The lowest BCUT2D eigenvalue weighted by atomic mass is 9.99. The third-order valence-corrected chi connectivity index (χ3v) is 3.45. The van der Waals surface area contributed by atoms with Crippen LogP contribution in [0.3, 0.4) is 0 Å². The zero-order valence-electron chi connectivity index (χ0n) is 15.4. The number of esters is 2. The third-order valence-electron chi connectivity index (χ3n) is 3.45. The van der Waals surface area contributed by atoms with Gasteiger partial charge in [0.05, 0.1) is 24.3 Å². The molecule has 0 heterocycles. The lowest BCUT2D eigenvalue weighted by Gasteiger charge is -2.17. The first-order valence-corrected chi connectivity index (χ1v) is 8.78. The molecule has 0 aliphatic rings. The minimum atomic E-state index is -0.417. The van der Waals surface area contributed by atoms with Crippen molar-refractivity contribution >= 4 is 11.9 Å². The molecule has 0 spiro atoms. The summed E-state index contributed by atoms with van der Waals surface area (Å²) in [5.74, 6) is -0.810. The van der Waals surface area contributed by atoms with Crippen molar-refractivity contribution in [3.8, 4) is 0 Å². The number of benzene rings is 1. The molecule has 0 amide bonds. The molecule has 0 aliphatic carbocycles. The van der Waals surface area contributed by atoms with Gasteiger partial charge in [-0.3, -0.25) is 0 Å². The van der Waals surface area contributed by atoms with Crippen molar-refractivity contribution in [2.75, 3.05) is 13.2 Å². The zero-order chi connectivity index (χ0) is 18.0. The van der Waals surface area contributed by atoms with Crippen molar-refractivity contribution < 1.29 is 19.1 Å². The Hall–Kier alpha value is -1.84. The minimum absolute atomic E-state index is 0.0933. The van der Waals surface area contributed by atoms with Gasteiger partial charge in [-0.1, -0.05) is 59.4 Å². The van der Waals surface area contributed by atoms with Crippen LogP contribution in [0.15, 0.2) is 24.3 Å². The molecule has 0 fully saturated rings. The summed E-state index contributed by atoms with van der Waals surface area (Å²) in [6.45, 7) is 8.90. The number of carbonyl (C=O) groups excluding carboxylic acids is 2. The van der Waals surface area contributed by atoms with Gasteiger partial charge in [0, 0.05) is 0 Å². The van der Waals surface area contributed by atoms with Crippen LogP contribution in [0.25, 0.3) is 0 Å². The molecule has 0 radical (unpaired) electrons. The Bertz CT molecular complexity index is 529. The molecular weight excluding hydrogens is 304 g/mol. The summed E-state index contributed by atoms with van der Waals surface area (Å²) in [7, 11) is 0. The monoisotopic (exact) mass is 334 g/mol. The van der Waals surface area contributed by atoms with E-state index in [0.29, 0.717) is 24.3 Å². The molecule has 1 aromatic carbocycles. The van der Waals surface area contributed by atoms with Crippen molar-refractivity contribution in [1.82, 2.24) is 0 Å². The summed E-state index contributed by atoms with van der Waals surface area (Å²) in [6.07, 6.45) is 5.52. The largest absolute Gasteiger partial charge is 0.462 e. The average molecular weight is 334 g/mol. The summed E-state index contributed by atoms with van der Waals surface area (Å²) in [6, 6.07) is 6.50. The summed E-state index contributed by atoms with van der Waals surface area (Å²) < 4.78 is 10.5. The molecule has 0 atom stereocenters. The van der Waals surface area contributed by atoms with E-state index in [0.717, 1.165) is 12.8 Å². The second kappa shape index (κ2) is 10.1. The summed E-state index contributed by atoms with van der Waals surface area (Å²) in [5.41, 5.74) is 0.662. The van der Waals surface area contributed by atoms with E-state index in [9.17, 15) is 9.59 Å². The quantitative estimate of drug-likeness (QED) is 0.470. The summed E-state index contributed by atoms with van der Waals surface area (Å²) in [5, 5.41) is 0. The molecule has 4 nitrogen and oxygen atoms in total. The van der Waals surface area contributed by atoms with E-state index in [1.54, 1.807) is 18.2 Å². The van der Waals surface area contributed by atoms with E-state index < -0.39 is 11.9 Å². The Labute approximate surface area is 145 Å². The second-order valence-corrected chi connectivity index (χ2v) is 7.27. The summed E-state index contributed by atoms with van der Waals surface area (Å²) >= 11 is 0. The maximum Gasteiger partial charge on any atom is 0.338 e. The van der Waals surface area contributed by atoms with Crippen LogP contribution in [-0.4, -0.2) is 25.2 Å². The van der Waals surface area contributed by atoms with Crippen LogP contribution in [0.2, 0.25) is 0 Å². The first kappa shape index (κ1) is 20.2. The third kappa shape index (κ3) is 8.14. The van der Waals surface area contributed by atoms with Crippen LogP contribution >= 0.6 is 0 Å². The van der Waals surface area contributed by atoms with Gasteiger partial charge in [0.25, 0.3) is 0 Å². The van der Waals surface area contributed by atoms with Crippen molar-refractivity contribution in [3.63, 3.8) is 0 Å². The van der Waals surface area contributed by atoms with Gasteiger partial charge in [-0.05, 0) is 30.0 Å². The molecule has 0 N–H and O–H groups in total. The highest BCUT2D eigenvalue weighted by Crippen LogP contribution is 2.15. The Kier molecular flexibility index (Phi) is 8.51. The van der Waals surface area contributed by atoms with Crippen LogP contribution in [0.4, 0.5) is 0 Å². The first-order valence-electron chi connectivity index (χ1n) is 8.78. The van der Waals surface area contributed by atoms with E-state index in [1.165, 1.54) is 25.3 Å². The molecule has 24 heavy (non-hydrogen) atoms. The molecule has 1 aromatic rings. The number of unbranched alkanes of at least 4 members (excludes halogenated alkanes) is 4. The Morgan fingerprint density at radius 2 is 1.50 bits per heavy atom. The van der Waals surface area contributed by atoms with Gasteiger partial charge in [0.2, 0.25) is 0 Å². The van der Waals surface area contributed by atoms with Crippen LogP contribution in [0, 0.1) is 5.41 Å². The maximum absolute atomic E-state index is 12.1. The predicted molar refractivity (Wildman–Crippen MR) is 95.2 cm³/mol. The zero-order valence-corrected chi connectivity index (χ0v) is 15.4. The van der Waals surface area contributed by atoms with E-state index in [2.05, 4.69) is 6.92 Å². The molecule has 0 aromatic heterocycles. The normalized spacial score (nSPS) is 11.2. The highest BCUT2D eigenvalue weighted by Gasteiger charge is 2.16. The van der Waals surface area contributed by atoms with Gasteiger partial charge in [0.1, 0.15) is 0 Å². The average Bonchev–Trinajstić information content (AvgIpc) is 2.55. The topological polar surface area (TPSA) is 52.6 Å². The molecule has 0 saturated heterocycles. The number of ether oxygens (including phenoxy) is 2. The standard InChI is InChI=1S/C20H30O4/c1-5-6-7-8-9-13-23-18(21)16-11-10-12-17(14-16)19(22)24-15-20(2,3)4/h10-12,14H,5-9,13,15H2,1-4H3. The number of hydrogen-bond donors (Lipinski definition) is 0. The molecular formula is C20H30O4. The molecule has 0 saturated carbocycles. The first-order chi connectivity index (χ1) is 11.3. The molecule has 0 aliphatic heterocycles. The second-order valence-electron chi connectivity index (χ2n) is 7.27. The Morgan fingerprint density at radius 1 is 0.917 bits per heavy atom. The SMILES string of the molecule is CCCCCCCOC(=O)c1cccc(C(=O)OCC(C)(C)C)c1. The highest BCUT2D eigenvalue weighted by molar-refractivity contribution is 5.95. The summed E-state index contributed by atoms with van der Waals surface area (Å²) in [4.78, 5) is 24.1. The highest BCUT2D eigenvalue weighted by atomic mass is 16.5. The van der Waals surface area contributed by atoms with Crippen molar-refractivity contribution in [3.05, 3.63) is 35.4 Å². The van der Waals surface area contributed by atoms with Gasteiger partial charge >= 0.3 is 11.9 Å². The molecule has 0 unspecified atom stereocenters. The molecule has 134 valence electrons. The minimum Gasteiger partial charge on any atom is -0.462 e. The fraction of sp³-hybridized carbons (Fsp3) is 0.600. The van der Waals surface area contributed by atoms with Gasteiger partial charge in [-0.15, -0.1) is 0 Å². The van der Waals surface area contributed by atoms with Crippen LogP contribution in [0.1, 0.15) is 80.5 Å². The van der Waals surface area contributed by atoms with Crippen molar-refractivity contribution in [2.45, 2.75) is 59.8 Å². The molecule has 1 rings (SSSR count). The fourth-order valence-corrected chi connectivity index (χ4v) is 2.09. The van der Waals surface area contributed by atoms with Gasteiger partial charge in [-0.25, -0.2) is 9.59 Å². The molecule has 0 bridgehead atoms. The maximum atomic E-state index is 12.1. The Morgan fingerprint density at radius 3 is 2.08 bits per heavy atom. The van der Waals surface area contributed by atoms with E-state index in [4.69, 9.17) is 9.47 Å². The lowest BCUT2D eigenvalue weighted by Crippen LogP contribution is -2.18. The van der Waals surface area contributed by atoms with Crippen LogP contribution < -0.4 is 0 Å². The predicted octanol–water partition coefficient (Wildman–Crippen LogP) is 5.02. The number of rotatable bonds is 9. The van der Waals surface area contributed by atoms with Crippen molar-refractivity contribution in [2.24, 2.45) is 5.41 Å². The molecule has 4 heteroatoms. The van der Waals surface area contributed by atoms with E-state index >= 15 is 0 Å². The Balaban J connectivity index is 2.49. The van der Waals surface area contributed by atoms with Gasteiger partial charge in [0.15, 0.2) is 0 Å². The van der Waals surface area contributed by atoms with Gasteiger partial charge in [-0.2, -0.15) is 0 Å². The smallest absolute Gasteiger partial charge is 0.338 e. The fourth-order valence-electron chi connectivity index (χ4n) is 2.09. The lowest BCUT2D eigenvalue weighted by molar-refractivity contribution is 0.0367. The van der Waals surface area contributed by atoms with Crippen LogP contribution in [-0.2, 0) is 9.47 Å². The van der Waals surface area contributed by atoms with Gasteiger partial charge < -0.3 is 9.47 Å².